The summed E-state index contributed by atoms with van der Waals surface area (Å²) >= 11 is 0. The summed E-state index contributed by atoms with van der Waals surface area (Å²) in [5.41, 5.74) is 1.74. The van der Waals surface area contributed by atoms with Crippen LogP contribution in [0.15, 0.2) is 41.6 Å². The van der Waals surface area contributed by atoms with E-state index in [1.807, 2.05) is 0 Å². The molecule has 1 aromatic carbocycles. The Morgan fingerprint density at radius 1 is 1.24 bits per heavy atom. The van der Waals surface area contributed by atoms with Gasteiger partial charge in [-0.2, -0.15) is 5.10 Å². The Labute approximate surface area is 125 Å². The van der Waals surface area contributed by atoms with Crippen LogP contribution in [-0.2, 0) is 23.6 Å². The molecule has 0 spiro atoms. The van der Waals surface area contributed by atoms with Crippen molar-refractivity contribution >= 4 is 15.7 Å². The zero-order chi connectivity index (χ0) is 15.3. The van der Waals surface area contributed by atoms with Crippen LogP contribution in [0.3, 0.4) is 0 Å². The van der Waals surface area contributed by atoms with Gasteiger partial charge in [0.25, 0.3) is 0 Å². The van der Waals surface area contributed by atoms with Crippen LogP contribution >= 0.6 is 0 Å². The van der Waals surface area contributed by atoms with Crippen LogP contribution in [0.1, 0.15) is 18.9 Å². The van der Waals surface area contributed by atoms with Crippen LogP contribution in [0.5, 0.6) is 0 Å². The van der Waals surface area contributed by atoms with E-state index in [9.17, 15) is 8.42 Å². The Morgan fingerprint density at radius 2 is 1.95 bits per heavy atom. The summed E-state index contributed by atoms with van der Waals surface area (Å²) in [4.78, 5) is 0.258. The second kappa shape index (κ2) is 6.73. The van der Waals surface area contributed by atoms with Gasteiger partial charge in [-0.3, -0.25) is 4.68 Å². The summed E-state index contributed by atoms with van der Waals surface area (Å²) in [5, 5.41) is 7.21. The van der Waals surface area contributed by atoms with Crippen molar-refractivity contribution in [2.24, 2.45) is 7.05 Å². The number of benzene rings is 1. The number of sulfonamides is 1. The highest BCUT2D eigenvalue weighted by atomic mass is 32.2. The molecular formula is C14H20N4O2S. The van der Waals surface area contributed by atoms with E-state index in [1.165, 1.54) is 0 Å². The fourth-order valence-electron chi connectivity index (χ4n) is 1.85. The van der Waals surface area contributed by atoms with Crippen LogP contribution in [0.2, 0.25) is 0 Å². The minimum atomic E-state index is -3.50. The molecule has 0 aliphatic rings. The molecule has 0 aliphatic heterocycles. The highest BCUT2D eigenvalue weighted by molar-refractivity contribution is 7.89. The molecular weight excluding hydrogens is 288 g/mol. The van der Waals surface area contributed by atoms with E-state index in [-0.39, 0.29) is 11.4 Å². The van der Waals surface area contributed by atoms with E-state index in [4.69, 9.17) is 0 Å². The van der Waals surface area contributed by atoms with Gasteiger partial charge in [-0.15, -0.1) is 0 Å². The predicted molar refractivity (Wildman–Crippen MR) is 82.5 cm³/mol. The molecule has 1 aromatic heterocycles. The number of aromatic nitrogens is 2. The van der Waals surface area contributed by atoms with Crippen molar-refractivity contribution in [3.8, 4) is 0 Å². The number of anilines is 1. The molecule has 7 heteroatoms. The number of aryl methyl sites for hydroxylation is 1. The summed E-state index contributed by atoms with van der Waals surface area (Å²) in [6, 6.07) is 6.75. The van der Waals surface area contributed by atoms with Crippen molar-refractivity contribution in [3.63, 3.8) is 0 Å². The first-order valence-electron chi connectivity index (χ1n) is 6.82. The summed E-state index contributed by atoms with van der Waals surface area (Å²) in [7, 11) is -1.71. The maximum absolute atomic E-state index is 12.2. The van der Waals surface area contributed by atoms with Crippen LogP contribution in [0, 0.1) is 0 Å². The lowest BCUT2D eigenvalue weighted by Crippen LogP contribution is -2.23. The fourth-order valence-corrected chi connectivity index (χ4v) is 2.86. The second-order valence-corrected chi connectivity index (χ2v) is 6.56. The highest BCUT2D eigenvalue weighted by Crippen LogP contribution is 2.14. The average Bonchev–Trinajstić information content (AvgIpc) is 2.89. The lowest BCUT2D eigenvalue weighted by Gasteiger charge is -2.08. The SMILES string of the molecule is CCCNc1ccc(S(=O)(=O)NCc2cnn(C)c2)cc1. The lowest BCUT2D eigenvalue weighted by molar-refractivity contribution is 0.581. The molecule has 2 N–H and O–H groups in total. The van der Waals surface area contributed by atoms with Gasteiger partial charge >= 0.3 is 0 Å². The number of nitrogens with one attached hydrogen (secondary N) is 2. The molecule has 0 amide bonds. The second-order valence-electron chi connectivity index (χ2n) is 4.80. The summed E-state index contributed by atoms with van der Waals surface area (Å²) in [6.45, 7) is 3.17. The Morgan fingerprint density at radius 3 is 2.52 bits per heavy atom. The topological polar surface area (TPSA) is 76.0 Å². The van der Waals surface area contributed by atoms with Gasteiger partial charge < -0.3 is 5.32 Å². The number of rotatable bonds is 7. The molecule has 0 saturated heterocycles. The molecule has 114 valence electrons. The molecule has 0 radical (unpaired) electrons. The third-order valence-corrected chi connectivity index (χ3v) is 4.39. The Kier molecular flexibility index (Phi) is 4.98. The van der Waals surface area contributed by atoms with Crippen LogP contribution in [-0.4, -0.2) is 24.7 Å². The third kappa shape index (κ3) is 4.30. The van der Waals surface area contributed by atoms with Crippen molar-refractivity contribution < 1.29 is 8.42 Å². The van der Waals surface area contributed by atoms with Crippen molar-refractivity contribution in [2.75, 3.05) is 11.9 Å². The van der Waals surface area contributed by atoms with Crippen LogP contribution < -0.4 is 10.0 Å². The van der Waals surface area contributed by atoms with E-state index in [0.717, 1.165) is 24.2 Å². The van der Waals surface area contributed by atoms with Crippen LogP contribution in [0.25, 0.3) is 0 Å². The monoisotopic (exact) mass is 308 g/mol. The molecule has 1 heterocycles. The Bertz CT molecular complexity index is 677. The Balaban J connectivity index is 2.01. The molecule has 0 unspecified atom stereocenters. The van der Waals surface area contributed by atoms with E-state index in [0.29, 0.717) is 0 Å². The third-order valence-electron chi connectivity index (χ3n) is 2.97. The van der Waals surface area contributed by atoms with Crippen molar-refractivity contribution in [1.29, 1.82) is 0 Å². The largest absolute Gasteiger partial charge is 0.385 e. The molecule has 21 heavy (non-hydrogen) atoms. The first-order valence-corrected chi connectivity index (χ1v) is 8.30. The molecule has 0 fully saturated rings. The van der Waals surface area contributed by atoms with Crippen LogP contribution in [0.4, 0.5) is 5.69 Å². The number of hydrogen-bond acceptors (Lipinski definition) is 4. The first kappa shape index (κ1) is 15.5. The van der Waals surface area contributed by atoms with E-state index < -0.39 is 10.0 Å². The quantitative estimate of drug-likeness (QED) is 0.816. The predicted octanol–water partition coefficient (Wildman–Crippen LogP) is 1.72. The maximum atomic E-state index is 12.2. The zero-order valence-electron chi connectivity index (χ0n) is 12.2. The van der Waals surface area contributed by atoms with Gasteiger partial charge in [-0.25, -0.2) is 13.1 Å². The maximum Gasteiger partial charge on any atom is 0.240 e. The highest BCUT2D eigenvalue weighted by Gasteiger charge is 2.13. The number of hydrogen-bond donors (Lipinski definition) is 2. The van der Waals surface area contributed by atoms with Crippen molar-refractivity contribution in [1.82, 2.24) is 14.5 Å². The van der Waals surface area contributed by atoms with Gasteiger partial charge in [-0.05, 0) is 30.7 Å². The Hall–Kier alpha value is -1.86. The number of nitrogens with zero attached hydrogens (tertiary/aromatic N) is 2. The minimum absolute atomic E-state index is 0.228. The van der Waals surface area contributed by atoms with Gasteiger partial charge in [0.05, 0.1) is 11.1 Å². The van der Waals surface area contributed by atoms with Gasteiger partial charge in [0.15, 0.2) is 0 Å². The molecule has 2 rings (SSSR count). The smallest absolute Gasteiger partial charge is 0.240 e. The van der Waals surface area contributed by atoms with Crippen molar-refractivity contribution in [2.45, 2.75) is 24.8 Å². The minimum Gasteiger partial charge on any atom is -0.385 e. The van der Waals surface area contributed by atoms with Gasteiger partial charge in [-0.1, -0.05) is 6.92 Å². The van der Waals surface area contributed by atoms with Gasteiger partial charge in [0.1, 0.15) is 0 Å². The molecule has 0 atom stereocenters. The van der Waals surface area contributed by atoms with E-state index in [1.54, 1.807) is 48.4 Å². The average molecular weight is 308 g/mol. The first-order chi connectivity index (χ1) is 10.0. The van der Waals surface area contributed by atoms with E-state index >= 15 is 0 Å². The molecule has 6 nitrogen and oxygen atoms in total. The molecule has 2 aromatic rings. The summed E-state index contributed by atoms with van der Waals surface area (Å²) < 4.78 is 28.6. The standard InChI is InChI=1S/C14H20N4O2S/c1-3-8-15-13-4-6-14(7-5-13)21(19,20)17-10-12-9-16-18(2)11-12/h4-7,9,11,15,17H,3,8,10H2,1-2H3. The van der Waals surface area contributed by atoms with E-state index in [2.05, 4.69) is 22.1 Å². The van der Waals surface area contributed by atoms with Crippen molar-refractivity contribution in [3.05, 3.63) is 42.2 Å². The lowest BCUT2D eigenvalue weighted by atomic mass is 10.3. The molecule has 0 saturated carbocycles. The fraction of sp³-hybridized carbons (Fsp3) is 0.357. The summed E-state index contributed by atoms with van der Waals surface area (Å²) in [5.74, 6) is 0. The normalized spacial score (nSPS) is 11.5. The molecule has 0 aliphatic carbocycles. The molecule has 0 bridgehead atoms. The van der Waals surface area contributed by atoms with Gasteiger partial charge in [0.2, 0.25) is 10.0 Å². The zero-order valence-corrected chi connectivity index (χ0v) is 13.0. The summed E-state index contributed by atoms with van der Waals surface area (Å²) in [6.07, 6.45) is 4.44. The van der Waals surface area contributed by atoms with Gasteiger partial charge in [0, 0.05) is 37.6 Å².